The first-order valence-corrected chi connectivity index (χ1v) is 5.63. The van der Waals surface area contributed by atoms with Crippen LogP contribution in [0.15, 0.2) is 28.7 Å². The second-order valence-electron chi connectivity index (χ2n) is 3.60. The average Bonchev–Trinajstić information content (AvgIpc) is 2.83. The molecule has 1 aliphatic rings. The highest BCUT2D eigenvalue weighted by Crippen LogP contribution is 2.34. The van der Waals surface area contributed by atoms with Crippen molar-refractivity contribution in [2.45, 2.75) is 18.3 Å². The lowest BCUT2D eigenvalue weighted by Gasteiger charge is -2.24. The molecule has 1 aromatic rings. The monoisotopic (exact) mass is 262 g/mol. The molecular formula is C10H9F3N2OS. The van der Waals surface area contributed by atoms with E-state index in [2.05, 4.69) is 5.10 Å². The Balaban J connectivity index is 2.03. The lowest BCUT2D eigenvalue weighted by atomic mass is 10.1. The second kappa shape index (κ2) is 4.15. The van der Waals surface area contributed by atoms with Crippen LogP contribution in [0.2, 0.25) is 0 Å². The first-order valence-electron chi connectivity index (χ1n) is 4.75. The zero-order chi connectivity index (χ0) is 12.5. The van der Waals surface area contributed by atoms with Crippen LogP contribution in [0.5, 0.6) is 0 Å². The van der Waals surface area contributed by atoms with Crippen molar-refractivity contribution in [3.8, 4) is 0 Å². The highest BCUT2D eigenvalue weighted by molar-refractivity contribution is 7.10. The summed E-state index contributed by atoms with van der Waals surface area (Å²) in [5.74, 6) is 0. The van der Waals surface area contributed by atoms with Gasteiger partial charge in [0.25, 0.3) is 5.72 Å². The number of halogens is 3. The zero-order valence-corrected chi connectivity index (χ0v) is 9.35. The van der Waals surface area contributed by atoms with Gasteiger partial charge in [0.05, 0.1) is 12.1 Å². The van der Waals surface area contributed by atoms with Crippen LogP contribution in [0.3, 0.4) is 0 Å². The molecule has 0 bridgehead atoms. The standard InChI is InChI=1S/C10H9F3N2OS/c11-10(12,13)9(16)6-7(14-15-9)3-4-8-2-1-5-17-8/h1-5,15-16H,6H2/b4-3+/t9-/m0/s1. The lowest BCUT2D eigenvalue weighted by molar-refractivity contribution is -0.266. The van der Waals surface area contributed by atoms with E-state index >= 15 is 0 Å². The summed E-state index contributed by atoms with van der Waals surface area (Å²) in [5, 5.41) is 14.6. The highest BCUT2D eigenvalue weighted by Gasteiger charge is 2.56. The van der Waals surface area contributed by atoms with Gasteiger partial charge in [0.15, 0.2) is 0 Å². The van der Waals surface area contributed by atoms with E-state index in [-0.39, 0.29) is 5.71 Å². The maximum absolute atomic E-state index is 12.4. The molecule has 0 aromatic carbocycles. The number of nitrogens with one attached hydrogen (secondary N) is 1. The van der Waals surface area contributed by atoms with Crippen LogP contribution in [-0.4, -0.2) is 22.7 Å². The Bertz CT molecular complexity index is 453. The molecule has 0 saturated heterocycles. The van der Waals surface area contributed by atoms with Gasteiger partial charge in [0, 0.05) is 4.88 Å². The van der Waals surface area contributed by atoms with E-state index in [9.17, 15) is 18.3 Å². The Morgan fingerprint density at radius 2 is 2.24 bits per heavy atom. The number of hydrogen-bond donors (Lipinski definition) is 2. The molecule has 92 valence electrons. The van der Waals surface area contributed by atoms with Crippen molar-refractivity contribution in [2.24, 2.45) is 5.10 Å². The summed E-state index contributed by atoms with van der Waals surface area (Å²) >= 11 is 1.46. The average molecular weight is 262 g/mol. The number of hydrazone groups is 1. The molecule has 0 unspecified atom stereocenters. The van der Waals surface area contributed by atoms with Crippen LogP contribution < -0.4 is 5.43 Å². The minimum Gasteiger partial charge on any atom is -0.362 e. The fourth-order valence-corrected chi connectivity index (χ4v) is 1.95. The molecule has 17 heavy (non-hydrogen) atoms. The van der Waals surface area contributed by atoms with E-state index in [0.29, 0.717) is 0 Å². The number of nitrogens with zero attached hydrogens (tertiary/aromatic N) is 1. The van der Waals surface area contributed by atoms with Gasteiger partial charge in [0.2, 0.25) is 0 Å². The maximum Gasteiger partial charge on any atom is 0.438 e. The number of aliphatic hydroxyl groups is 1. The fourth-order valence-electron chi connectivity index (χ4n) is 1.33. The molecule has 0 spiro atoms. The Morgan fingerprint density at radius 1 is 1.47 bits per heavy atom. The predicted molar refractivity (Wildman–Crippen MR) is 59.5 cm³/mol. The third kappa shape index (κ3) is 2.50. The van der Waals surface area contributed by atoms with Crippen molar-refractivity contribution in [1.82, 2.24) is 5.43 Å². The van der Waals surface area contributed by atoms with Gasteiger partial charge in [-0.2, -0.15) is 18.3 Å². The quantitative estimate of drug-likeness (QED) is 0.859. The van der Waals surface area contributed by atoms with Crippen LogP contribution in [0, 0.1) is 0 Å². The first-order chi connectivity index (χ1) is 7.91. The van der Waals surface area contributed by atoms with Crippen molar-refractivity contribution in [2.75, 3.05) is 0 Å². The molecule has 2 rings (SSSR count). The van der Waals surface area contributed by atoms with Gasteiger partial charge < -0.3 is 5.11 Å². The summed E-state index contributed by atoms with van der Waals surface area (Å²) in [4.78, 5) is 0.912. The minimum atomic E-state index is -4.74. The molecule has 2 N–H and O–H groups in total. The van der Waals surface area contributed by atoms with E-state index in [1.165, 1.54) is 17.4 Å². The largest absolute Gasteiger partial charge is 0.438 e. The van der Waals surface area contributed by atoms with Gasteiger partial charge in [-0.3, -0.25) is 5.43 Å². The van der Waals surface area contributed by atoms with Crippen LogP contribution >= 0.6 is 11.3 Å². The van der Waals surface area contributed by atoms with Gasteiger partial charge in [-0.25, -0.2) is 0 Å². The summed E-state index contributed by atoms with van der Waals surface area (Å²) in [6, 6.07) is 3.67. The summed E-state index contributed by atoms with van der Waals surface area (Å²) in [6.45, 7) is 0. The van der Waals surface area contributed by atoms with E-state index in [0.717, 1.165) is 4.88 Å². The first kappa shape index (κ1) is 12.1. The van der Waals surface area contributed by atoms with Gasteiger partial charge in [-0.1, -0.05) is 6.07 Å². The molecule has 1 atom stereocenters. The molecule has 0 amide bonds. The van der Waals surface area contributed by atoms with Crippen LogP contribution in [0.1, 0.15) is 11.3 Å². The zero-order valence-electron chi connectivity index (χ0n) is 8.53. The number of allylic oxidation sites excluding steroid dienone is 1. The Labute approximate surface area is 99.3 Å². The Morgan fingerprint density at radius 3 is 2.76 bits per heavy atom. The van der Waals surface area contributed by atoms with E-state index < -0.39 is 18.3 Å². The summed E-state index contributed by atoms with van der Waals surface area (Å²) in [7, 11) is 0. The van der Waals surface area contributed by atoms with E-state index in [1.54, 1.807) is 11.5 Å². The van der Waals surface area contributed by atoms with Gasteiger partial charge in [-0.05, 0) is 23.6 Å². The summed E-state index contributed by atoms with van der Waals surface area (Å²) < 4.78 is 37.3. The number of hydrogen-bond acceptors (Lipinski definition) is 4. The van der Waals surface area contributed by atoms with Crippen molar-refractivity contribution >= 4 is 23.1 Å². The van der Waals surface area contributed by atoms with Crippen LogP contribution in [0.25, 0.3) is 6.08 Å². The number of thiophene rings is 1. The van der Waals surface area contributed by atoms with Crippen LogP contribution in [-0.2, 0) is 0 Å². The Hall–Kier alpha value is -1.34. The fraction of sp³-hybridized carbons (Fsp3) is 0.300. The molecule has 1 aliphatic heterocycles. The minimum absolute atomic E-state index is 0.165. The molecule has 2 heterocycles. The highest BCUT2D eigenvalue weighted by atomic mass is 32.1. The van der Waals surface area contributed by atoms with E-state index in [4.69, 9.17) is 0 Å². The normalized spacial score (nSPS) is 25.1. The topological polar surface area (TPSA) is 44.6 Å². The molecule has 3 nitrogen and oxygen atoms in total. The molecule has 0 fully saturated rings. The van der Waals surface area contributed by atoms with Crippen molar-refractivity contribution in [1.29, 1.82) is 0 Å². The molecule has 7 heteroatoms. The maximum atomic E-state index is 12.4. The van der Waals surface area contributed by atoms with E-state index in [1.807, 2.05) is 17.5 Å². The summed E-state index contributed by atoms with van der Waals surface area (Å²) in [5.41, 5.74) is -1.05. The molecular weight excluding hydrogens is 253 g/mol. The molecule has 0 aliphatic carbocycles. The lowest BCUT2D eigenvalue weighted by Crippen LogP contribution is -2.52. The smallest absolute Gasteiger partial charge is 0.362 e. The third-order valence-electron chi connectivity index (χ3n) is 2.27. The number of rotatable bonds is 2. The molecule has 0 saturated carbocycles. The van der Waals surface area contributed by atoms with Crippen molar-refractivity contribution < 1.29 is 18.3 Å². The molecule has 0 radical (unpaired) electrons. The van der Waals surface area contributed by atoms with Crippen molar-refractivity contribution in [3.63, 3.8) is 0 Å². The van der Waals surface area contributed by atoms with Gasteiger partial charge >= 0.3 is 6.18 Å². The summed E-state index contributed by atoms with van der Waals surface area (Å²) in [6.07, 6.45) is -2.21. The van der Waals surface area contributed by atoms with Gasteiger partial charge in [-0.15, -0.1) is 11.3 Å². The van der Waals surface area contributed by atoms with Crippen LogP contribution in [0.4, 0.5) is 13.2 Å². The van der Waals surface area contributed by atoms with Gasteiger partial charge in [0.1, 0.15) is 0 Å². The second-order valence-corrected chi connectivity index (χ2v) is 4.58. The van der Waals surface area contributed by atoms with Crippen molar-refractivity contribution in [3.05, 3.63) is 28.5 Å². The Kier molecular flexibility index (Phi) is 2.96. The predicted octanol–water partition coefficient (Wildman–Crippen LogP) is 2.36. The number of alkyl halides is 3. The third-order valence-corrected chi connectivity index (χ3v) is 3.11. The molecule has 1 aromatic heterocycles. The SMILES string of the molecule is O[C@]1(C(F)(F)F)CC(/C=C/c2cccs2)=NN1.